The maximum absolute atomic E-state index is 13.1. The Hall–Kier alpha value is -4.46. The first-order valence-electron chi connectivity index (χ1n) is 10.5. The number of amides is 1. The van der Waals surface area contributed by atoms with E-state index in [0.717, 1.165) is 5.56 Å². The number of benzene rings is 3. The number of phenolic OH excluding ortho intramolecular Hbond substituents is 1. The molecule has 0 radical (unpaired) electrons. The van der Waals surface area contributed by atoms with Crippen LogP contribution in [0.4, 0.5) is 10.1 Å². The minimum Gasteiger partial charge on any atom is -0.504 e. The fraction of sp³-hybridized carbons (Fsp3) is 0.148. The van der Waals surface area contributed by atoms with E-state index in [1.807, 2.05) is 0 Å². The first kappa shape index (κ1) is 25.2. The number of halogens is 1. The molecule has 0 fully saturated rings. The van der Waals surface area contributed by atoms with Gasteiger partial charge in [0, 0.05) is 11.6 Å². The van der Waals surface area contributed by atoms with Crippen LogP contribution in [0.3, 0.4) is 0 Å². The molecule has 0 aliphatic rings. The molecule has 0 unspecified atom stereocenters. The van der Waals surface area contributed by atoms with Gasteiger partial charge in [-0.2, -0.15) is 0 Å². The Morgan fingerprint density at radius 3 is 2.00 bits per heavy atom. The molecule has 7 nitrogen and oxygen atoms in total. The minimum absolute atomic E-state index is 0.112. The third kappa shape index (κ3) is 6.11. The maximum Gasteiger partial charge on any atom is 0.248 e. The minimum atomic E-state index is -0.458. The van der Waals surface area contributed by atoms with Crippen LogP contribution in [0.1, 0.15) is 16.7 Å². The van der Waals surface area contributed by atoms with Gasteiger partial charge in [0.25, 0.3) is 0 Å². The lowest BCUT2D eigenvalue weighted by Crippen LogP contribution is -2.10. The van der Waals surface area contributed by atoms with Crippen LogP contribution in [0.25, 0.3) is 18.2 Å². The van der Waals surface area contributed by atoms with Gasteiger partial charge in [-0.1, -0.05) is 24.3 Å². The van der Waals surface area contributed by atoms with Gasteiger partial charge in [0.2, 0.25) is 11.7 Å². The molecule has 0 saturated heterocycles. The number of phenols is 1. The van der Waals surface area contributed by atoms with Crippen molar-refractivity contribution in [2.45, 2.75) is 0 Å². The van der Waals surface area contributed by atoms with E-state index >= 15 is 0 Å². The number of rotatable bonds is 9. The van der Waals surface area contributed by atoms with Crippen molar-refractivity contribution in [3.63, 3.8) is 0 Å². The standard InChI is InChI=1S/C27H26FNO6/c1-32-22-15-18(16-23(33-2)27(22)35-4)5-9-19-10-13-21(30)26(34-3)25(19)29-24(31)14-8-17-6-11-20(28)12-7-17/h5-16,30H,1-4H3,(H,29,31)/b9-5+,14-8+. The van der Waals surface area contributed by atoms with Crippen molar-refractivity contribution in [3.05, 3.63) is 77.1 Å². The zero-order valence-corrected chi connectivity index (χ0v) is 19.8. The van der Waals surface area contributed by atoms with Crippen molar-refractivity contribution in [3.8, 4) is 28.7 Å². The summed E-state index contributed by atoms with van der Waals surface area (Å²) in [6.45, 7) is 0. The zero-order chi connectivity index (χ0) is 25.4. The average molecular weight is 480 g/mol. The molecule has 0 bridgehead atoms. The fourth-order valence-corrected chi connectivity index (χ4v) is 3.36. The molecule has 0 atom stereocenters. The Labute approximate surface area is 203 Å². The molecule has 2 N–H and O–H groups in total. The van der Waals surface area contributed by atoms with Crippen molar-refractivity contribution in [2.75, 3.05) is 33.8 Å². The van der Waals surface area contributed by atoms with E-state index in [1.165, 1.54) is 52.7 Å². The van der Waals surface area contributed by atoms with Crippen LogP contribution >= 0.6 is 0 Å². The van der Waals surface area contributed by atoms with Gasteiger partial charge in [0.15, 0.2) is 23.0 Å². The largest absolute Gasteiger partial charge is 0.504 e. The normalized spacial score (nSPS) is 11.0. The summed E-state index contributed by atoms with van der Waals surface area (Å²) in [6, 6.07) is 12.4. The highest BCUT2D eigenvalue weighted by Crippen LogP contribution is 2.40. The third-order valence-electron chi connectivity index (χ3n) is 5.06. The highest BCUT2D eigenvalue weighted by Gasteiger charge is 2.15. The monoisotopic (exact) mass is 479 g/mol. The van der Waals surface area contributed by atoms with Crippen molar-refractivity contribution >= 4 is 29.8 Å². The number of carbonyl (C=O) groups is 1. The van der Waals surface area contributed by atoms with E-state index in [4.69, 9.17) is 18.9 Å². The number of methoxy groups -OCH3 is 4. The van der Waals surface area contributed by atoms with Crippen LogP contribution in [0.5, 0.6) is 28.7 Å². The van der Waals surface area contributed by atoms with Gasteiger partial charge >= 0.3 is 0 Å². The molecule has 3 aromatic rings. The molecule has 3 rings (SSSR count). The number of hydrogen-bond donors (Lipinski definition) is 2. The molecule has 35 heavy (non-hydrogen) atoms. The molecule has 0 aliphatic heterocycles. The molecular weight excluding hydrogens is 453 g/mol. The topological polar surface area (TPSA) is 86.2 Å². The lowest BCUT2D eigenvalue weighted by molar-refractivity contribution is -0.111. The van der Waals surface area contributed by atoms with Gasteiger partial charge < -0.3 is 29.4 Å². The number of aromatic hydroxyl groups is 1. The Kier molecular flexibility index (Phi) is 8.34. The fourth-order valence-electron chi connectivity index (χ4n) is 3.36. The highest BCUT2D eigenvalue weighted by atomic mass is 19.1. The van der Waals surface area contributed by atoms with Crippen LogP contribution in [0, 0.1) is 5.82 Å². The van der Waals surface area contributed by atoms with Gasteiger partial charge in [0.05, 0.1) is 34.1 Å². The SMILES string of the molecule is COc1cc(/C=C/c2ccc(O)c(OC)c2NC(=O)/C=C/c2ccc(F)cc2)cc(OC)c1OC. The predicted molar refractivity (Wildman–Crippen MR) is 134 cm³/mol. The van der Waals surface area contributed by atoms with Gasteiger partial charge in [0.1, 0.15) is 5.82 Å². The van der Waals surface area contributed by atoms with Crippen LogP contribution in [0.15, 0.2) is 54.6 Å². The molecule has 3 aromatic carbocycles. The summed E-state index contributed by atoms with van der Waals surface area (Å²) in [5.74, 6) is 0.624. The number of carbonyl (C=O) groups excluding carboxylic acids is 1. The second-order valence-electron chi connectivity index (χ2n) is 7.25. The van der Waals surface area contributed by atoms with E-state index < -0.39 is 5.91 Å². The molecule has 8 heteroatoms. The average Bonchev–Trinajstić information content (AvgIpc) is 2.87. The summed E-state index contributed by atoms with van der Waals surface area (Å²) in [6.07, 6.45) is 6.40. The van der Waals surface area contributed by atoms with Crippen molar-refractivity contribution < 1.29 is 33.2 Å². The molecule has 0 heterocycles. The summed E-state index contributed by atoms with van der Waals surface area (Å²) >= 11 is 0. The molecule has 0 spiro atoms. The van der Waals surface area contributed by atoms with Gasteiger partial charge in [-0.3, -0.25) is 4.79 Å². The number of hydrogen-bond acceptors (Lipinski definition) is 6. The molecule has 0 aliphatic carbocycles. The Morgan fingerprint density at radius 1 is 0.800 bits per heavy atom. The van der Waals surface area contributed by atoms with Gasteiger partial charge in [-0.05, 0) is 53.6 Å². The second kappa shape index (κ2) is 11.6. The lowest BCUT2D eigenvalue weighted by Gasteiger charge is -2.14. The van der Waals surface area contributed by atoms with Crippen LogP contribution < -0.4 is 24.3 Å². The third-order valence-corrected chi connectivity index (χ3v) is 5.06. The summed E-state index contributed by atoms with van der Waals surface area (Å²) < 4.78 is 34.6. The van der Waals surface area contributed by atoms with E-state index in [0.29, 0.717) is 28.4 Å². The number of anilines is 1. The lowest BCUT2D eigenvalue weighted by atomic mass is 10.1. The van der Waals surface area contributed by atoms with Crippen LogP contribution in [-0.2, 0) is 4.79 Å². The second-order valence-corrected chi connectivity index (χ2v) is 7.25. The quantitative estimate of drug-likeness (QED) is 0.316. The molecule has 0 aromatic heterocycles. The van der Waals surface area contributed by atoms with E-state index in [9.17, 15) is 14.3 Å². The Balaban J connectivity index is 1.93. The van der Waals surface area contributed by atoms with Gasteiger partial charge in [-0.15, -0.1) is 0 Å². The van der Waals surface area contributed by atoms with Crippen molar-refractivity contribution in [2.24, 2.45) is 0 Å². The highest BCUT2D eigenvalue weighted by molar-refractivity contribution is 6.04. The molecule has 1 amide bonds. The van der Waals surface area contributed by atoms with Crippen LogP contribution in [-0.4, -0.2) is 39.5 Å². The number of nitrogens with one attached hydrogen (secondary N) is 1. The number of ether oxygens (including phenoxy) is 4. The summed E-state index contributed by atoms with van der Waals surface area (Å²) in [7, 11) is 5.98. The Morgan fingerprint density at radius 2 is 1.43 bits per heavy atom. The predicted octanol–water partition coefficient (Wildman–Crippen LogP) is 5.39. The van der Waals surface area contributed by atoms with E-state index in [1.54, 1.807) is 48.6 Å². The molecular formula is C27H26FNO6. The summed E-state index contributed by atoms with van der Waals surface area (Å²) in [5, 5.41) is 13.0. The smallest absolute Gasteiger partial charge is 0.248 e. The van der Waals surface area contributed by atoms with E-state index in [2.05, 4.69) is 5.32 Å². The van der Waals surface area contributed by atoms with Gasteiger partial charge in [-0.25, -0.2) is 4.39 Å². The first-order chi connectivity index (χ1) is 16.9. The molecule has 0 saturated carbocycles. The summed E-state index contributed by atoms with van der Waals surface area (Å²) in [4.78, 5) is 12.6. The molecule has 182 valence electrons. The zero-order valence-electron chi connectivity index (χ0n) is 19.8. The van der Waals surface area contributed by atoms with Crippen molar-refractivity contribution in [1.82, 2.24) is 0 Å². The first-order valence-corrected chi connectivity index (χ1v) is 10.5. The maximum atomic E-state index is 13.1. The van der Waals surface area contributed by atoms with Crippen molar-refractivity contribution in [1.29, 1.82) is 0 Å². The Bertz CT molecular complexity index is 1230. The summed E-state index contributed by atoms with van der Waals surface area (Å²) in [5.41, 5.74) is 2.27. The van der Waals surface area contributed by atoms with E-state index in [-0.39, 0.29) is 23.0 Å². The van der Waals surface area contributed by atoms with Crippen LogP contribution in [0.2, 0.25) is 0 Å².